The predicted molar refractivity (Wildman–Crippen MR) is 134 cm³/mol. The number of carbonyl (C=O) groups excluding carboxylic acids is 1. The third-order valence-electron chi connectivity index (χ3n) is 7.51. The minimum atomic E-state index is -1.01. The van der Waals surface area contributed by atoms with Crippen molar-refractivity contribution in [3.63, 3.8) is 0 Å². The van der Waals surface area contributed by atoms with Crippen LogP contribution in [0.2, 0.25) is 0 Å². The average molecular weight is 494 g/mol. The van der Waals surface area contributed by atoms with Gasteiger partial charge < -0.3 is 24.6 Å². The lowest BCUT2D eigenvalue weighted by Gasteiger charge is -2.41. The van der Waals surface area contributed by atoms with E-state index in [2.05, 4.69) is 20.6 Å². The fraction of sp³-hybridized carbons (Fsp3) is 0.538. The van der Waals surface area contributed by atoms with Gasteiger partial charge in [0.15, 0.2) is 5.69 Å². The van der Waals surface area contributed by atoms with Crippen LogP contribution in [0.1, 0.15) is 48.6 Å². The molecule has 1 aliphatic carbocycles. The van der Waals surface area contributed by atoms with Crippen LogP contribution in [0, 0.1) is 0 Å². The summed E-state index contributed by atoms with van der Waals surface area (Å²) < 4.78 is 9.24. The number of aliphatic hydroxyl groups is 1. The highest BCUT2D eigenvalue weighted by Crippen LogP contribution is 2.41. The molecular formula is C26H35N7O3. The summed E-state index contributed by atoms with van der Waals surface area (Å²) in [6.45, 7) is 3.00. The summed E-state index contributed by atoms with van der Waals surface area (Å²) >= 11 is 0. The third-order valence-corrected chi connectivity index (χ3v) is 7.51. The van der Waals surface area contributed by atoms with Gasteiger partial charge in [-0.2, -0.15) is 0 Å². The van der Waals surface area contributed by atoms with E-state index in [1.54, 1.807) is 24.3 Å². The van der Waals surface area contributed by atoms with Crippen molar-refractivity contribution < 1.29 is 14.6 Å². The Labute approximate surface area is 211 Å². The minimum Gasteiger partial charge on any atom is -0.385 e. The van der Waals surface area contributed by atoms with E-state index in [1.165, 1.54) is 0 Å². The summed E-state index contributed by atoms with van der Waals surface area (Å²) in [6, 6.07) is 9.70. The van der Waals surface area contributed by atoms with Crippen molar-refractivity contribution in [2.24, 2.45) is 0 Å². The first kappa shape index (κ1) is 24.6. The number of methoxy groups -OCH3 is 1. The highest BCUT2D eigenvalue weighted by molar-refractivity contribution is 5.98. The summed E-state index contributed by atoms with van der Waals surface area (Å²) in [5, 5.41) is 22.9. The molecule has 3 atom stereocenters. The average Bonchev–Trinajstić information content (AvgIpc) is 3.58. The van der Waals surface area contributed by atoms with Crippen LogP contribution < -0.4 is 5.32 Å². The molecule has 1 aliphatic heterocycles. The van der Waals surface area contributed by atoms with Gasteiger partial charge in [-0.3, -0.25) is 9.48 Å². The summed E-state index contributed by atoms with van der Waals surface area (Å²) in [7, 11) is 1.62. The number of carbonyl (C=O) groups is 1. The number of rotatable bonds is 8. The molecule has 3 heterocycles. The third kappa shape index (κ3) is 4.93. The van der Waals surface area contributed by atoms with Crippen molar-refractivity contribution in [3.05, 3.63) is 54.7 Å². The highest BCUT2D eigenvalue weighted by Gasteiger charge is 2.42. The number of nitrogens with zero attached hydrogens (tertiary/aromatic N) is 6. The maximum atomic E-state index is 14.0. The fourth-order valence-electron chi connectivity index (χ4n) is 5.71. The Hall–Kier alpha value is -3.08. The number of aromatic nitrogens is 5. The maximum absolute atomic E-state index is 14.0. The molecule has 192 valence electrons. The predicted octanol–water partition coefficient (Wildman–Crippen LogP) is 2.14. The molecular weight excluding hydrogens is 458 g/mol. The molecule has 0 bridgehead atoms. The summed E-state index contributed by atoms with van der Waals surface area (Å²) in [6.07, 6.45) is 9.42. The van der Waals surface area contributed by atoms with E-state index in [0.717, 1.165) is 50.0 Å². The van der Waals surface area contributed by atoms with Crippen molar-refractivity contribution in [1.29, 1.82) is 0 Å². The van der Waals surface area contributed by atoms with E-state index in [1.807, 2.05) is 46.0 Å². The lowest BCUT2D eigenvalue weighted by Crippen LogP contribution is -2.54. The van der Waals surface area contributed by atoms with Crippen LogP contribution in [0.4, 0.5) is 0 Å². The molecule has 1 aromatic carbocycles. The van der Waals surface area contributed by atoms with Crippen molar-refractivity contribution in [1.82, 2.24) is 34.8 Å². The second-order valence-corrected chi connectivity index (χ2v) is 9.82. The largest absolute Gasteiger partial charge is 0.385 e. The molecule has 0 spiro atoms. The number of nitrogens with one attached hydrogen (secondary N) is 1. The van der Waals surface area contributed by atoms with Gasteiger partial charge in [0.1, 0.15) is 5.60 Å². The fourth-order valence-corrected chi connectivity index (χ4v) is 5.71. The van der Waals surface area contributed by atoms with E-state index in [4.69, 9.17) is 4.74 Å². The van der Waals surface area contributed by atoms with E-state index < -0.39 is 5.60 Å². The van der Waals surface area contributed by atoms with Crippen LogP contribution in [0.5, 0.6) is 0 Å². The van der Waals surface area contributed by atoms with Gasteiger partial charge in [0.05, 0.1) is 30.9 Å². The van der Waals surface area contributed by atoms with Crippen molar-refractivity contribution >= 4 is 5.91 Å². The molecule has 10 heteroatoms. The number of imidazole rings is 1. The number of ether oxygens (including phenoxy) is 1. The number of hydrogen-bond donors (Lipinski definition) is 2. The Kier molecular flexibility index (Phi) is 7.45. The second-order valence-electron chi connectivity index (χ2n) is 9.82. The van der Waals surface area contributed by atoms with Crippen LogP contribution in [0.15, 0.2) is 49.1 Å². The van der Waals surface area contributed by atoms with Crippen LogP contribution in [0.25, 0.3) is 11.3 Å². The molecule has 10 nitrogen and oxygen atoms in total. The molecule has 3 aromatic rings. The standard InChI is InChI=1S/C26H35N7O3/c1-36-18-26(35)11-6-5-9-22(26)33-19-28-23(24(33)20-7-3-2-4-8-20)25(34)32-16-12-27-17-21(32)10-14-31-15-13-29-30-31/h2-4,7-8,13,15,19,21-22,27,35H,5-6,9-12,14,16-18H2,1H3/t21-,22-,26-/m1/s1. The highest BCUT2D eigenvalue weighted by atomic mass is 16.5. The zero-order valence-electron chi connectivity index (χ0n) is 20.8. The number of amides is 1. The molecule has 1 saturated carbocycles. The van der Waals surface area contributed by atoms with Gasteiger partial charge in [-0.1, -0.05) is 48.4 Å². The Bertz CT molecular complexity index is 1130. The van der Waals surface area contributed by atoms with E-state index >= 15 is 0 Å². The Balaban J connectivity index is 1.49. The molecule has 2 aromatic heterocycles. The molecule has 2 N–H and O–H groups in total. The van der Waals surface area contributed by atoms with Crippen LogP contribution >= 0.6 is 0 Å². The zero-order valence-corrected chi connectivity index (χ0v) is 20.8. The smallest absolute Gasteiger partial charge is 0.275 e. The minimum absolute atomic E-state index is 0.0179. The van der Waals surface area contributed by atoms with Crippen molar-refractivity contribution in [3.8, 4) is 11.3 Å². The number of piperazine rings is 1. The van der Waals surface area contributed by atoms with Crippen LogP contribution in [-0.2, 0) is 11.3 Å². The topological polar surface area (TPSA) is 110 Å². The van der Waals surface area contributed by atoms with Gasteiger partial charge in [-0.15, -0.1) is 5.10 Å². The zero-order chi connectivity index (χ0) is 25.0. The lowest BCUT2D eigenvalue weighted by molar-refractivity contribution is -0.0893. The van der Waals surface area contributed by atoms with Gasteiger partial charge in [0, 0.05) is 51.1 Å². The first-order valence-electron chi connectivity index (χ1n) is 12.8. The SMILES string of the molecule is COC[C@]1(O)CCCC[C@H]1n1cnc(C(=O)N2CCNC[C@H]2CCn2ccnn2)c1-c1ccccc1. The molecule has 5 rings (SSSR count). The van der Waals surface area contributed by atoms with E-state index in [0.29, 0.717) is 25.2 Å². The first-order valence-corrected chi connectivity index (χ1v) is 12.8. The molecule has 2 fully saturated rings. The van der Waals surface area contributed by atoms with Gasteiger partial charge in [0.25, 0.3) is 5.91 Å². The lowest BCUT2D eigenvalue weighted by atomic mass is 9.80. The normalized spacial score (nSPS) is 24.7. The Morgan fingerprint density at radius 2 is 2.14 bits per heavy atom. The van der Waals surface area contributed by atoms with Crippen LogP contribution in [-0.4, -0.2) is 85.5 Å². The van der Waals surface area contributed by atoms with Gasteiger partial charge in [-0.05, 0) is 19.3 Å². The first-order chi connectivity index (χ1) is 17.6. The van der Waals surface area contributed by atoms with Gasteiger partial charge >= 0.3 is 0 Å². The maximum Gasteiger partial charge on any atom is 0.275 e. The molecule has 0 radical (unpaired) electrons. The summed E-state index contributed by atoms with van der Waals surface area (Å²) in [4.78, 5) is 20.7. The van der Waals surface area contributed by atoms with Gasteiger partial charge in [0.2, 0.25) is 0 Å². The molecule has 0 unspecified atom stereocenters. The van der Waals surface area contributed by atoms with E-state index in [-0.39, 0.29) is 24.6 Å². The number of hydrogen-bond acceptors (Lipinski definition) is 7. The quantitative estimate of drug-likeness (QED) is 0.495. The van der Waals surface area contributed by atoms with Crippen LogP contribution in [0.3, 0.4) is 0 Å². The van der Waals surface area contributed by atoms with Crippen molar-refractivity contribution in [2.75, 3.05) is 33.4 Å². The van der Waals surface area contributed by atoms with E-state index in [9.17, 15) is 9.90 Å². The Morgan fingerprint density at radius 1 is 1.28 bits per heavy atom. The summed E-state index contributed by atoms with van der Waals surface area (Å²) in [5.41, 5.74) is 1.10. The molecule has 1 amide bonds. The molecule has 36 heavy (non-hydrogen) atoms. The second kappa shape index (κ2) is 10.9. The Morgan fingerprint density at radius 3 is 2.92 bits per heavy atom. The van der Waals surface area contributed by atoms with Gasteiger partial charge in [-0.25, -0.2) is 4.98 Å². The monoisotopic (exact) mass is 493 g/mol. The molecule has 1 saturated heterocycles. The summed E-state index contributed by atoms with van der Waals surface area (Å²) in [5.74, 6) is -0.0798. The number of benzene rings is 1. The number of aryl methyl sites for hydroxylation is 1. The van der Waals surface area contributed by atoms with Crippen molar-refractivity contribution in [2.45, 2.75) is 56.3 Å². The molecule has 2 aliphatic rings.